The van der Waals surface area contributed by atoms with Gasteiger partial charge in [-0.05, 0) is 25.8 Å². The van der Waals surface area contributed by atoms with Gasteiger partial charge in [-0.15, -0.1) is 0 Å². The third-order valence-corrected chi connectivity index (χ3v) is 2.59. The molecular formula is C11H25N. The molecule has 0 aromatic carbocycles. The van der Waals surface area contributed by atoms with Gasteiger partial charge in [0.1, 0.15) is 0 Å². The maximum Gasteiger partial charge on any atom is 0.00666 e. The number of nitrogens with one attached hydrogen (secondary N) is 1. The molecule has 1 aliphatic carbocycles. The second kappa shape index (κ2) is 7.60. The van der Waals surface area contributed by atoms with E-state index in [1.54, 1.807) is 0 Å². The molecule has 0 saturated heterocycles. The summed E-state index contributed by atoms with van der Waals surface area (Å²) in [6, 6.07) is 0.803. The van der Waals surface area contributed by atoms with Crippen LogP contribution in [0.4, 0.5) is 0 Å². The Morgan fingerprint density at radius 1 is 1.08 bits per heavy atom. The van der Waals surface area contributed by atoms with Gasteiger partial charge in [0.2, 0.25) is 0 Å². The third-order valence-electron chi connectivity index (χ3n) is 2.59. The molecule has 0 aromatic heterocycles. The third kappa shape index (κ3) is 4.76. The molecule has 1 rings (SSSR count). The van der Waals surface area contributed by atoms with E-state index in [2.05, 4.69) is 19.3 Å². The number of hydrogen-bond donors (Lipinski definition) is 1. The van der Waals surface area contributed by atoms with Gasteiger partial charge in [0.15, 0.2) is 0 Å². The van der Waals surface area contributed by atoms with Gasteiger partial charge in [-0.2, -0.15) is 0 Å². The van der Waals surface area contributed by atoms with Crippen LogP contribution in [0.25, 0.3) is 0 Å². The molecule has 0 amide bonds. The Labute approximate surface area is 77.9 Å². The molecule has 1 nitrogen and oxygen atoms in total. The van der Waals surface area contributed by atoms with Crippen molar-refractivity contribution in [1.29, 1.82) is 0 Å². The van der Waals surface area contributed by atoms with Crippen molar-refractivity contribution in [2.45, 2.75) is 58.9 Å². The van der Waals surface area contributed by atoms with Crippen LogP contribution in [0.5, 0.6) is 0 Å². The maximum atomic E-state index is 3.37. The molecule has 1 aliphatic rings. The molecule has 0 aromatic rings. The predicted molar refractivity (Wildman–Crippen MR) is 56.4 cm³/mol. The zero-order valence-electron chi connectivity index (χ0n) is 9.19. The maximum absolute atomic E-state index is 3.37. The molecule has 0 radical (unpaired) electrons. The Morgan fingerprint density at radius 3 is 2.25 bits per heavy atom. The Balaban J connectivity index is 0.000000561. The molecule has 74 valence electrons. The summed E-state index contributed by atoms with van der Waals surface area (Å²) >= 11 is 0. The molecule has 0 aliphatic heterocycles. The topological polar surface area (TPSA) is 12.0 Å². The first kappa shape index (κ1) is 12.0. The molecular weight excluding hydrogens is 146 g/mol. The van der Waals surface area contributed by atoms with Crippen molar-refractivity contribution in [3.63, 3.8) is 0 Å². The highest BCUT2D eigenvalue weighted by molar-refractivity contribution is 4.72. The zero-order valence-corrected chi connectivity index (χ0v) is 9.19. The molecule has 2 unspecified atom stereocenters. The summed E-state index contributed by atoms with van der Waals surface area (Å²) in [5.41, 5.74) is 0. The average molecular weight is 171 g/mol. The summed E-state index contributed by atoms with van der Waals surface area (Å²) in [7, 11) is 2.09. The van der Waals surface area contributed by atoms with Crippen LogP contribution in [-0.4, -0.2) is 13.1 Å². The Hall–Kier alpha value is -0.0400. The van der Waals surface area contributed by atoms with Crippen LogP contribution < -0.4 is 5.32 Å². The van der Waals surface area contributed by atoms with E-state index in [0.29, 0.717) is 0 Å². The van der Waals surface area contributed by atoms with Crippen LogP contribution in [0.15, 0.2) is 0 Å². The zero-order chi connectivity index (χ0) is 9.40. The van der Waals surface area contributed by atoms with E-state index in [-0.39, 0.29) is 0 Å². The normalized spacial score (nSPS) is 30.0. The van der Waals surface area contributed by atoms with Crippen molar-refractivity contribution in [2.24, 2.45) is 5.92 Å². The fraction of sp³-hybridized carbons (Fsp3) is 1.00. The molecule has 1 saturated carbocycles. The first-order valence-electron chi connectivity index (χ1n) is 5.50. The minimum Gasteiger partial charge on any atom is -0.317 e. The average Bonchev–Trinajstić information content (AvgIpc) is 2.33. The first-order valence-corrected chi connectivity index (χ1v) is 5.50. The van der Waals surface area contributed by atoms with E-state index < -0.39 is 0 Å². The van der Waals surface area contributed by atoms with Crippen molar-refractivity contribution < 1.29 is 0 Å². The van der Waals surface area contributed by atoms with E-state index in [1.807, 2.05) is 13.8 Å². The van der Waals surface area contributed by atoms with Gasteiger partial charge in [0.05, 0.1) is 0 Å². The monoisotopic (exact) mass is 171 g/mol. The lowest BCUT2D eigenvalue weighted by molar-refractivity contribution is 0.428. The number of hydrogen-bond acceptors (Lipinski definition) is 1. The van der Waals surface area contributed by atoms with E-state index in [9.17, 15) is 0 Å². The van der Waals surface area contributed by atoms with Crippen LogP contribution >= 0.6 is 0 Å². The minimum absolute atomic E-state index is 0.803. The molecule has 0 heterocycles. The van der Waals surface area contributed by atoms with E-state index >= 15 is 0 Å². The van der Waals surface area contributed by atoms with Crippen LogP contribution in [0.1, 0.15) is 52.9 Å². The molecule has 1 fully saturated rings. The van der Waals surface area contributed by atoms with E-state index in [0.717, 1.165) is 12.0 Å². The summed E-state index contributed by atoms with van der Waals surface area (Å²) in [6.07, 6.45) is 7.09. The second-order valence-electron chi connectivity index (χ2n) is 3.61. The summed E-state index contributed by atoms with van der Waals surface area (Å²) < 4.78 is 0. The van der Waals surface area contributed by atoms with Crippen molar-refractivity contribution in [3.8, 4) is 0 Å². The highest BCUT2D eigenvalue weighted by Crippen LogP contribution is 2.22. The van der Waals surface area contributed by atoms with Gasteiger partial charge in [-0.1, -0.05) is 40.0 Å². The van der Waals surface area contributed by atoms with Crippen molar-refractivity contribution in [1.82, 2.24) is 5.32 Å². The number of rotatable bonds is 1. The lowest BCUT2D eigenvalue weighted by Gasteiger charge is -2.15. The minimum atomic E-state index is 0.803. The predicted octanol–water partition coefficient (Wildman–Crippen LogP) is 3.20. The van der Waals surface area contributed by atoms with E-state index in [4.69, 9.17) is 0 Å². The van der Waals surface area contributed by atoms with Gasteiger partial charge >= 0.3 is 0 Å². The Bertz CT molecular complexity index is 91.0. The fourth-order valence-electron chi connectivity index (χ4n) is 1.87. The van der Waals surface area contributed by atoms with Gasteiger partial charge in [-0.3, -0.25) is 0 Å². The van der Waals surface area contributed by atoms with Gasteiger partial charge in [-0.25, -0.2) is 0 Å². The van der Waals surface area contributed by atoms with Gasteiger partial charge in [0.25, 0.3) is 0 Å². The van der Waals surface area contributed by atoms with Crippen molar-refractivity contribution >= 4 is 0 Å². The Kier molecular flexibility index (Phi) is 7.58. The second-order valence-corrected chi connectivity index (χ2v) is 3.61. The molecule has 2 atom stereocenters. The largest absolute Gasteiger partial charge is 0.317 e. The lowest BCUT2D eigenvalue weighted by Crippen LogP contribution is -2.25. The summed E-state index contributed by atoms with van der Waals surface area (Å²) in [5, 5.41) is 3.37. The molecule has 1 heteroatoms. The van der Waals surface area contributed by atoms with Crippen molar-refractivity contribution in [2.75, 3.05) is 7.05 Å². The summed E-state index contributed by atoms with van der Waals surface area (Å²) in [6.45, 7) is 6.37. The smallest absolute Gasteiger partial charge is 0.00666 e. The fourth-order valence-corrected chi connectivity index (χ4v) is 1.87. The summed E-state index contributed by atoms with van der Waals surface area (Å²) in [5.74, 6) is 0.944. The van der Waals surface area contributed by atoms with Crippen molar-refractivity contribution in [3.05, 3.63) is 0 Å². The molecule has 0 spiro atoms. The molecule has 1 N–H and O–H groups in total. The SMILES string of the molecule is CC.CNC1CCCCC(C)C1. The van der Waals surface area contributed by atoms with Crippen LogP contribution in [0, 0.1) is 5.92 Å². The highest BCUT2D eigenvalue weighted by Gasteiger charge is 2.14. The van der Waals surface area contributed by atoms with E-state index in [1.165, 1.54) is 32.1 Å². The van der Waals surface area contributed by atoms with Gasteiger partial charge < -0.3 is 5.32 Å². The molecule has 12 heavy (non-hydrogen) atoms. The first-order chi connectivity index (χ1) is 5.83. The Morgan fingerprint density at radius 2 is 1.67 bits per heavy atom. The lowest BCUT2D eigenvalue weighted by atomic mass is 10.0. The van der Waals surface area contributed by atoms with Crippen LogP contribution in [0.3, 0.4) is 0 Å². The quantitative estimate of drug-likeness (QED) is 0.597. The summed E-state index contributed by atoms with van der Waals surface area (Å²) in [4.78, 5) is 0. The van der Waals surface area contributed by atoms with Crippen LogP contribution in [-0.2, 0) is 0 Å². The molecule has 0 bridgehead atoms. The highest BCUT2D eigenvalue weighted by atomic mass is 14.9. The van der Waals surface area contributed by atoms with Gasteiger partial charge in [0, 0.05) is 6.04 Å². The standard InChI is InChI=1S/C9H19N.C2H6/c1-8-5-3-4-6-9(7-8)10-2;1-2/h8-10H,3-7H2,1-2H3;1-2H3. The van der Waals surface area contributed by atoms with Crippen LogP contribution in [0.2, 0.25) is 0 Å².